The maximum atomic E-state index is 12.1. The zero-order chi connectivity index (χ0) is 16.8. The molecule has 1 atom stereocenters. The highest BCUT2D eigenvalue weighted by molar-refractivity contribution is 7.09. The van der Waals surface area contributed by atoms with Crippen LogP contribution in [-0.4, -0.2) is 28.7 Å². The second-order valence-electron chi connectivity index (χ2n) is 5.52. The summed E-state index contributed by atoms with van der Waals surface area (Å²) in [7, 11) is 0. The number of aromatic nitrogens is 1. The van der Waals surface area contributed by atoms with Crippen LogP contribution in [0, 0.1) is 13.8 Å². The van der Waals surface area contributed by atoms with Crippen LogP contribution in [0.2, 0.25) is 0 Å². The molecule has 0 fully saturated rings. The van der Waals surface area contributed by atoms with Crippen LogP contribution < -0.4 is 10.2 Å². The molecule has 0 aliphatic carbocycles. The molecule has 1 heterocycles. The summed E-state index contributed by atoms with van der Waals surface area (Å²) < 4.78 is 1.50. The minimum absolute atomic E-state index is 0.0373. The Kier molecular flexibility index (Phi) is 6.12. The molecule has 23 heavy (non-hydrogen) atoms. The van der Waals surface area contributed by atoms with Gasteiger partial charge >= 0.3 is 4.87 Å². The molecule has 0 aliphatic rings. The fourth-order valence-electron chi connectivity index (χ4n) is 2.47. The lowest BCUT2D eigenvalue weighted by molar-refractivity contribution is -0.121. The fraction of sp³-hybridized carbons (Fsp3) is 0.412. The van der Waals surface area contributed by atoms with Crippen LogP contribution >= 0.6 is 11.3 Å². The van der Waals surface area contributed by atoms with Gasteiger partial charge in [0.05, 0.1) is 0 Å². The van der Waals surface area contributed by atoms with Crippen molar-refractivity contribution in [3.63, 3.8) is 0 Å². The van der Waals surface area contributed by atoms with E-state index < -0.39 is 0 Å². The average molecular weight is 334 g/mol. The van der Waals surface area contributed by atoms with Crippen molar-refractivity contribution < 1.29 is 9.90 Å². The van der Waals surface area contributed by atoms with Gasteiger partial charge in [-0.3, -0.25) is 14.2 Å². The molecule has 2 rings (SSSR count). The molecule has 0 aliphatic heterocycles. The third-order valence-electron chi connectivity index (χ3n) is 3.97. The number of amides is 1. The van der Waals surface area contributed by atoms with E-state index in [9.17, 15) is 14.7 Å². The standard InChI is InChI=1S/C17H22N2O3S/c1-12-13(2)23-17(22)19(12)11-16(21)18-10-15(8-9-20)14-6-4-3-5-7-14/h3-7,15,20H,8-11H2,1-2H3,(H,18,21). The maximum absolute atomic E-state index is 12.1. The number of nitrogens with zero attached hydrogens (tertiary/aromatic N) is 1. The van der Waals surface area contributed by atoms with Crippen molar-refractivity contribution in [1.82, 2.24) is 9.88 Å². The second-order valence-corrected chi connectivity index (χ2v) is 6.69. The zero-order valence-electron chi connectivity index (χ0n) is 13.4. The molecular weight excluding hydrogens is 312 g/mol. The van der Waals surface area contributed by atoms with Gasteiger partial charge in [-0.25, -0.2) is 0 Å². The van der Waals surface area contributed by atoms with E-state index in [1.165, 1.54) is 4.57 Å². The van der Waals surface area contributed by atoms with E-state index in [1.807, 2.05) is 44.2 Å². The van der Waals surface area contributed by atoms with Crippen molar-refractivity contribution >= 4 is 17.2 Å². The van der Waals surface area contributed by atoms with E-state index in [1.54, 1.807) is 0 Å². The van der Waals surface area contributed by atoms with Gasteiger partial charge in [-0.1, -0.05) is 41.7 Å². The number of carbonyl (C=O) groups is 1. The van der Waals surface area contributed by atoms with E-state index in [0.717, 1.165) is 27.5 Å². The molecule has 0 bridgehead atoms. The molecule has 1 unspecified atom stereocenters. The lowest BCUT2D eigenvalue weighted by Crippen LogP contribution is -2.34. The van der Waals surface area contributed by atoms with Crippen LogP contribution in [-0.2, 0) is 11.3 Å². The summed E-state index contributed by atoms with van der Waals surface area (Å²) >= 11 is 1.16. The Balaban J connectivity index is 1.98. The molecule has 2 N–H and O–H groups in total. The predicted molar refractivity (Wildman–Crippen MR) is 91.9 cm³/mol. The third kappa shape index (κ3) is 4.53. The number of hydrogen-bond donors (Lipinski definition) is 2. The molecule has 2 aromatic rings. The Morgan fingerprint density at radius 3 is 2.57 bits per heavy atom. The summed E-state index contributed by atoms with van der Waals surface area (Å²) in [5.74, 6) is -0.126. The largest absolute Gasteiger partial charge is 0.396 e. The summed E-state index contributed by atoms with van der Waals surface area (Å²) in [6.45, 7) is 4.27. The van der Waals surface area contributed by atoms with Crippen molar-refractivity contribution in [3.8, 4) is 0 Å². The van der Waals surface area contributed by atoms with Crippen LogP contribution in [0.3, 0.4) is 0 Å². The minimum Gasteiger partial charge on any atom is -0.396 e. The highest BCUT2D eigenvalue weighted by atomic mass is 32.1. The first-order chi connectivity index (χ1) is 11.0. The molecule has 1 aromatic carbocycles. The molecule has 6 heteroatoms. The Morgan fingerprint density at radius 2 is 2.00 bits per heavy atom. The number of rotatable bonds is 7. The van der Waals surface area contributed by atoms with Crippen LogP contribution in [0.4, 0.5) is 0 Å². The number of thiazole rings is 1. The number of carbonyl (C=O) groups excluding carboxylic acids is 1. The van der Waals surface area contributed by atoms with Crippen molar-refractivity contribution in [2.24, 2.45) is 0 Å². The van der Waals surface area contributed by atoms with Gasteiger partial charge in [0, 0.05) is 29.6 Å². The van der Waals surface area contributed by atoms with Gasteiger partial charge in [0.25, 0.3) is 0 Å². The van der Waals surface area contributed by atoms with Gasteiger partial charge in [-0.05, 0) is 25.8 Å². The first-order valence-corrected chi connectivity index (χ1v) is 8.44. The number of aliphatic hydroxyl groups is 1. The average Bonchev–Trinajstić information content (AvgIpc) is 2.78. The van der Waals surface area contributed by atoms with Crippen molar-refractivity contribution in [2.45, 2.75) is 32.7 Å². The molecular formula is C17H22N2O3S. The summed E-state index contributed by atoms with van der Waals surface area (Å²) in [5, 5.41) is 12.1. The second kappa shape index (κ2) is 8.08. The fourth-order valence-corrected chi connectivity index (χ4v) is 3.31. The van der Waals surface area contributed by atoms with Gasteiger partial charge in [0.1, 0.15) is 6.54 Å². The normalized spacial score (nSPS) is 12.1. The minimum atomic E-state index is -0.188. The van der Waals surface area contributed by atoms with Crippen LogP contribution in [0.15, 0.2) is 35.1 Å². The van der Waals surface area contributed by atoms with Gasteiger partial charge in [0.2, 0.25) is 5.91 Å². The number of aliphatic hydroxyl groups excluding tert-OH is 1. The van der Waals surface area contributed by atoms with Crippen LogP contribution in [0.1, 0.15) is 28.5 Å². The summed E-state index contributed by atoms with van der Waals surface area (Å²) in [5.41, 5.74) is 1.92. The molecule has 5 nitrogen and oxygen atoms in total. The van der Waals surface area contributed by atoms with Crippen molar-refractivity contribution in [1.29, 1.82) is 0 Å². The summed E-state index contributed by atoms with van der Waals surface area (Å²) in [6, 6.07) is 9.80. The van der Waals surface area contributed by atoms with Gasteiger partial charge in [-0.15, -0.1) is 0 Å². The van der Waals surface area contributed by atoms with Crippen molar-refractivity contribution in [2.75, 3.05) is 13.2 Å². The third-order valence-corrected chi connectivity index (χ3v) is 4.97. The topological polar surface area (TPSA) is 71.3 Å². The van der Waals surface area contributed by atoms with E-state index in [-0.39, 0.29) is 29.8 Å². The Hall–Kier alpha value is -1.92. The monoisotopic (exact) mass is 334 g/mol. The molecule has 0 saturated heterocycles. The molecule has 1 amide bonds. The number of hydrogen-bond acceptors (Lipinski definition) is 4. The lowest BCUT2D eigenvalue weighted by Gasteiger charge is -2.17. The Morgan fingerprint density at radius 1 is 1.30 bits per heavy atom. The number of aryl methyl sites for hydroxylation is 1. The highest BCUT2D eigenvalue weighted by Crippen LogP contribution is 2.18. The predicted octanol–water partition coefficient (Wildman–Crippen LogP) is 1.81. The van der Waals surface area contributed by atoms with Crippen molar-refractivity contribution in [3.05, 3.63) is 56.1 Å². The van der Waals surface area contributed by atoms with Gasteiger partial charge < -0.3 is 10.4 Å². The van der Waals surface area contributed by atoms with Gasteiger partial charge in [0.15, 0.2) is 0 Å². The van der Waals surface area contributed by atoms with E-state index in [2.05, 4.69) is 5.32 Å². The Labute approximate surface area is 139 Å². The highest BCUT2D eigenvalue weighted by Gasteiger charge is 2.14. The summed E-state index contributed by atoms with van der Waals surface area (Å²) in [4.78, 5) is 24.8. The maximum Gasteiger partial charge on any atom is 0.308 e. The van der Waals surface area contributed by atoms with E-state index >= 15 is 0 Å². The molecule has 0 spiro atoms. The molecule has 0 saturated carbocycles. The zero-order valence-corrected chi connectivity index (χ0v) is 14.2. The first-order valence-electron chi connectivity index (χ1n) is 7.62. The quantitative estimate of drug-likeness (QED) is 0.811. The molecule has 1 aromatic heterocycles. The van der Waals surface area contributed by atoms with E-state index in [4.69, 9.17) is 0 Å². The smallest absolute Gasteiger partial charge is 0.308 e. The number of benzene rings is 1. The van der Waals surface area contributed by atoms with E-state index in [0.29, 0.717) is 13.0 Å². The summed E-state index contributed by atoms with van der Waals surface area (Å²) in [6.07, 6.45) is 0.584. The van der Waals surface area contributed by atoms with Crippen LogP contribution in [0.25, 0.3) is 0 Å². The SMILES string of the molecule is Cc1sc(=O)n(CC(=O)NCC(CCO)c2ccccc2)c1C. The van der Waals surface area contributed by atoms with Crippen LogP contribution in [0.5, 0.6) is 0 Å². The number of nitrogens with one attached hydrogen (secondary N) is 1. The Bertz CT molecular complexity index is 706. The van der Waals surface area contributed by atoms with Gasteiger partial charge in [-0.2, -0.15) is 0 Å². The lowest BCUT2D eigenvalue weighted by atomic mass is 9.96. The molecule has 124 valence electrons. The molecule has 0 radical (unpaired) electrons. The first kappa shape index (κ1) is 17.4.